The van der Waals surface area contributed by atoms with Crippen LogP contribution in [0.5, 0.6) is 0 Å². The summed E-state index contributed by atoms with van der Waals surface area (Å²) in [7, 11) is 0. The van der Waals surface area contributed by atoms with Crippen LogP contribution in [0.1, 0.15) is 31.0 Å². The largest absolute Gasteiger partial charge is 0.319 e. The number of benzene rings is 2. The van der Waals surface area contributed by atoms with Crippen LogP contribution in [-0.4, -0.2) is 19.1 Å². The minimum absolute atomic E-state index is 0.253. The summed E-state index contributed by atoms with van der Waals surface area (Å²) in [6.45, 7) is 3.01. The number of para-hydroxylation sites is 4. The number of imidazole rings is 2. The average Bonchev–Trinajstić information content (AvgIpc) is 3.11. The molecule has 1 atom stereocenters. The molecular weight excluding hydrogens is 272 g/mol. The van der Waals surface area contributed by atoms with E-state index in [1.54, 1.807) is 0 Å². The fourth-order valence-corrected chi connectivity index (χ4v) is 3.69. The first kappa shape index (κ1) is 12.0. The Morgan fingerprint density at radius 1 is 0.955 bits per heavy atom. The van der Waals surface area contributed by atoms with Crippen LogP contribution in [0.25, 0.3) is 22.1 Å². The lowest BCUT2D eigenvalue weighted by Gasteiger charge is -2.26. The molecule has 5 rings (SSSR count). The van der Waals surface area contributed by atoms with E-state index in [1.165, 1.54) is 11.0 Å². The number of fused-ring (bicyclic) bond motifs is 6. The fraction of sp³-hybridized carbons (Fsp3) is 0.222. The minimum Gasteiger partial charge on any atom is -0.319 e. The Bertz CT molecular complexity index is 1000. The second kappa shape index (κ2) is 4.19. The van der Waals surface area contributed by atoms with Crippen molar-refractivity contribution in [3.05, 3.63) is 60.2 Å². The van der Waals surface area contributed by atoms with E-state index in [4.69, 9.17) is 9.97 Å². The molecule has 0 saturated heterocycles. The molecule has 0 spiro atoms. The molecule has 0 radical (unpaired) electrons. The van der Waals surface area contributed by atoms with Crippen molar-refractivity contribution in [1.29, 1.82) is 0 Å². The van der Waals surface area contributed by atoms with E-state index in [0.29, 0.717) is 0 Å². The Hall–Kier alpha value is -2.62. The third-order valence-corrected chi connectivity index (χ3v) is 4.65. The van der Waals surface area contributed by atoms with E-state index in [2.05, 4.69) is 64.6 Å². The van der Waals surface area contributed by atoms with Gasteiger partial charge in [0, 0.05) is 0 Å². The summed E-state index contributed by atoms with van der Waals surface area (Å²) in [6, 6.07) is 17.0. The van der Waals surface area contributed by atoms with Crippen LogP contribution in [0, 0.1) is 0 Å². The Morgan fingerprint density at radius 2 is 1.64 bits per heavy atom. The highest BCUT2D eigenvalue weighted by Gasteiger charge is 2.29. The molecule has 3 heterocycles. The van der Waals surface area contributed by atoms with E-state index in [1.807, 2.05) is 0 Å². The number of rotatable bonds is 1. The van der Waals surface area contributed by atoms with E-state index >= 15 is 0 Å². The highest BCUT2D eigenvalue weighted by molar-refractivity contribution is 5.79. The van der Waals surface area contributed by atoms with Gasteiger partial charge < -0.3 is 9.13 Å². The second-order valence-electron chi connectivity index (χ2n) is 5.86. The van der Waals surface area contributed by atoms with E-state index in [9.17, 15) is 0 Å². The highest BCUT2D eigenvalue weighted by atomic mass is 15.2. The van der Waals surface area contributed by atoms with Crippen molar-refractivity contribution in [3.8, 4) is 0 Å². The molecule has 0 saturated carbocycles. The van der Waals surface area contributed by atoms with Crippen LogP contribution in [-0.2, 0) is 6.54 Å². The summed E-state index contributed by atoms with van der Waals surface area (Å²) in [4.78, 5) is 9.76. The van der Waals surface area contributed by atoms with Crippen molar-refractivity contribution in [3.63, 3.8) is 0 Å². The number of nitrogens with zero attached hydrogens (tertiary/aromatic N) is 4. The van der Waals surface area contributed by atoms with Crippen molar-refractivity contribution < 1.29 is 0 Å². The molecule has 0 N–H and O–H groups in total. The number of aromatic nitrogens is 4. The Kier molecular flexibility index (Phi) is 2.28. The maximum absolute atomic E-state index is 4.91. The SMILES string of the molecule is CCC1c2nc3ccccc3n2Cc2nc3ccccc3n21. The Morgan fingerprint density at radius 3 is 2.41 bits per heavy atom. The molecule has 108 valence electrons. The van der Waals surface area contributed by atoms with Gasteiger partial charge in [0.15, 0.2) is 0 Å². The Balaban J connectivity index is 1.84. The van der Waals surface area contributed by atoms with Gasteiger partial charge in [0.1, 0.15) is 11.6 Å². The van der Waals surface area contributed by atoms with Gasteiger partial charge in [-0.25, -0.2) is 9.97 Å². The summed E-state index contributed by atoms with van der Waals surface area (Å²) in [6.07, 6.45) is 1.01. The molecule has 1 unspecified atom stereocenters. The molecular formula is C18H16N4. The molecule has 22 heavy (non-hydrogen) atoms. The highest BCUT2D eigenvalue weighted by Crippen LogP contribution is 2.34. The minimum atomic E-state index is 0.253. The van der Waals surface area contributed by atoms with Crippen LogP contribution in [0.15, 0.2) is 48.5 Å². The number of hydrogen-bond acceptors (Lipinski definition) is 2. The van der Waals surface area contributed by atoms with Crippen molar-refractivity contribution in [1.82, 2.24) is 19.1 Å². The molecule has 4 heteroatoms. The number of hydrogen-bond donors (Lipinski definition) is 0. The summed E-state index contributed by atoms with van der Waals surface area (Å²) in [5.41, 5.74) is 4.56. The third kappa shape index (κ3) is 1.42. The third-order valence-electron chi connectivity index (χ3n) is 4.65. The van der Waals surface area contributed by atoms with Crippen LogP contribution in [0.2, 0.25) is 0 Å². The van der Waals surface area contributed by atoms with Gasteiger partial charge in [-0.05, 0) is 30.7 Å². The van der Waals surface area contributed by atoms with Gasteiger partial charge in [0.25, 0.3) is 0 Å². The maximum Gasteiger partial charge on any atom is 0.133 e. The zero-order valence-corrected chi connectivity index (χ0v) is 12.4. The van der Waals surface area contributed by atoms with Crippen LogP contribution < -0.4 is 0 Å². The zero-order chi connectivity index (χ0) is 14.7. The first-order valence-corrected chi connectivity index (χ1v) is 7.78. The molecule has 0 aliphatic carbocycles. The second-order valence-corrected chi connectivity index (χ2v) is 5.86. The zero-order valence-electron chi connectivity index (χ0n) is 12.4. The summed E-state index contributed by atoms with van der Waals surface area (Å²) >= 11 is 0. The van der Waals surface area contributed by atoms with Gasteiger partial charge >= 0.3 is 0 Å². The standard InChI is InChI=1S/C18H16N4/c1-2-14-18-20-12-7-3-5-9-15(12)21(18)11-17-19-13-8-4-6-10-16(13)22(14)17/h3-10,14H,2,11H2,1H3. The molecule has 2 aromatic heterocycles. The molecule has 0 fully saturated rings. The van der Waals surface area contributed by atoms with Gasteiger partial charge in [-0.1, -0.05) is 31.2 Å². The predicted molar refractivity (Wildman–Crippen MR) is 87.0 cm³/mol. The fourth-order valence-electron chi connectivity index (χ4n) is 3.69. The molecule has 1 aliphatic rings. The van der Waals surface area contributed by atoms with Crippen LogP contribution in [0.3, 0.4) is 0 Å². The van der Waals surface area contributed by atoms with Gasteiger partial charge in [-0.2, -0.15) is 0 Å². The lowest BCUT2D eigenvalue weighted by atomic mass is 10.1. The molecule has 1 aliphatic heterocycles. The van der Waals surface area contributed by atoms with Crippen molar-refractivity contribution in [2.45, 2.75) is 25.9 Å². The summed E-state index contributed by atoms with van der Waals surface area (Å²) in [5.74, 6) is 2.28. The molecule has 2 aromatic carbocycles. The molecule has 4 nitrogen and oxygen atoms in total. The monoisotopic (exact) mass is 288 g/mol. The smallest absolute Gasteiger partial charge is 0.133 e. The van der Waals surface area contributed by atoms with Gasteiger partial charge in [0.05, 0.1) is 34.7 Å². The lowest BCUT2D eigenvalue weighted by molar-refractivity contribution is 0.460. The van der Waals surface area contributed by atoms with E-state index < -0.39 is 0 Å². The van der Waals surface area contributed by atoms with Crippen molar-refractivity contribution in [2.24, 2.45) is 0 Å². The molecule has 4 aromatic rings. The van der Waals surface area contributed by atoms with Crippen LogP contribution >= 0.6 is 0 Å². The summed E-state index contributed by atoms with van der Waals surface area (Å²) in [5, 5.41) is 0. The topological polar surface area (TPSA) is 35.6 Å². The van der Waals surface area contributed by atoms with Gasteiger partial charge in [-0.3, -0.25) is 0 Å². The van der Waals surface area contributed by atoms with Crippen LogP contribution in [0.4, 0.5) is 0 Å². The summed E-state index contributed by atoms with van der Waals surface area (Å²) < 4.78 is 4.70. The first-order chi connectivity index (χ1) is 10.9. The van der Waals surface area contributed by atoms with Crippen molar-refractivity contribution in [2.75, 3.05) is 0 Å². The maximum atomic E-state index is 4.91. The molecule has 0 bridgehead atoms. The van der Waals surface area contributed by atoms with E-state index in [-0.39, 0.29) is 6.04 Å². The lowest BCUT2D eigenvalue weighted by Crippen LogP contribution is -2.25. The Labute approximate surface area is 128 Å². The average molecular weight is 288 g/mol. The molecule has 0 amide bonds. The normalized spacial score (nSPS) is 16.9. The van der Waals surface area contributed by atoms with E-state index in [0.717, 1.165) is 35.6 Å². The van der Waals surface area contributed by atoms with Crippen molar-refractivity contribution >= 4 is 22.1 Å². The van der Waals surface area contributed by atoms with Gasteiger partial charge in [0.2, 0.25) is 0 Å². The predicted octanol–water partition coefficient (Wildman–Crippen LogP) is 3.75. The quantitative estimate of drug-likeness (QED) is 0.535. The van der Waals surface area contributed by atoms with Gasteiger partial charge in [-0.15, -0.1) is 0 Å². The first-order valence-electron chi connectivity index (χ1n) is 7.78.